The van der Waals surface area contributed by atoms with Crippen LogP contribution in [0.2, 0.25) is 0 Å². The van der Waals surface area contributed by atoms with E-state index in [1.54, 1.807) is 0 Å². The highest BCUT2D eigenvalue weighted by Gasteiger charge is 2.15. The number of benzene rings is 1. The van der Waals surface area contributed by atoms with Crippen LogP contribution in [-0.2, 0) is 12.8 Å². The first-order chi connectivity index (χ1) is 12.4. The number of hydrogen-bond acceptors (Lipinski definition) is 5. The zero-order valence-corrected chi connectivity index (χ0v) is 16.0. The summed E-state index contributed by atoms with van der Waals surface area (Å²) in [6.45, 7) is 10.2. The van der Waals surface area contributed by atoms with Gasteiger partial charge in [-0.25, -0.2) is 4.98 Å². The Morgan fingerprint density at radius 3 is 2.54 bits per heavy atom. The first-order valence-corrected chi connectivity index (χ1v) is 9.01. The molecule has 0 aliphatic heterocycles. The lowest BCUT2D eigenvalue weighted by molar-refractivity contribution is 0.430. The Morgan fingerprint density at radius 1 is 1.08 bits per heavy atom. The van der Waals surface area contributed by atoms with Gasteiger partial charge in [0.15, 0.2) is 0 Å². The Bertz CT molecular complexity index is 929. The fourth-order valence-electron chi connectivity index (χ4n) is 3.13. The second kappa shape index (κ2) is 7.28. The van der Waals surface area contributed by atoms with Crippen molar-refractivity contribution in [1.82, 2.24) is 15.1 Å². The third-order valence-electron chi connectivity index (χ3n) is 4.32. The molecule has 5 heteroatoms. The van der Waals surface area contributed by atoms with Gasteiger partial charge in [-0.3, -0.25) is 0 Å². The van der Waals surface area contributed by atoms with Gasteiger partial charge in [0.2, 0.25) is 5.82 Å². The number of nitrogens with zero attached hydrogens (tertiary/aromatic N) is 3. The summed E-state index contributed by atoms with van der Waals surface area (Å²) >= 11 is 0. The Hall–Kier alpha value is -2.69. The average molecular weight is 351 g/mol. The minimum Gasteiger partial charge on any atom is -0.507 e. The maximum absolute atomic E-state index is 10.1. The van der Waals surface area contributed by atoms with Crippen molar-refractivity contribution in [3.05, 3.63) is 46.6 Å². The molecule has 2 heterocycles. The standard InChI is InChI=1S/C21H25N3O2/c1-6-16-11-17(8-13(4)19(16)25)20-23-21(26-24-20)18-10-15(7-12(2)3)9-14(5)22-18/h8-12,25H,6-7H2,1-5H3. The molecule has 136 valence electrons. The first kappa shape index (κ1) is 18.1. The molecule has 1 aromatic carbocycles. The number of phenols is 1. The van der Waals surface area contributed by atoms with Crippen LogP contribution in [0, 0.1) is 19.8 Å². The van der Waals surface area contributed by atoms with Crippen LogP contribution in [-0.4, -0.2) is 20.2 Å². The third-order valence-corrected chi connectivity index (χ3v) is 4.32. The van der Waals surface area contributed by atoms with Crippen molar-refractivity contribution in [3.63, 3.8) is 0 Å². The molecule has 1 N–H and O–H groups in total. The largest absolute Gasteiger partial charge is 0.507 e. The molecule has 5 nitrogen and oxygen atoms in total. The van der Waals surface area contributed by atoms with Gasteiger partial charge in [0.25, 0.3) is 5.89 Å². The van der Waals surface area contributed by atoms with Gasteiger partial charge >= 0.3 is 0 Å². The van der Waals surface area contributed by atoms with Gasteiger partial charge in [0.1, 0.15) is 11.4 Å². The van der Waals surface area contributed by atoms with Crippen molar-refractivity contribution in [3.8, 4) is 28.7 Å². The zero-order valence-electron chi connectivity index (χ0n) is 16.0. The number of hydrogen-bond donors (Lipinski definition) is 1. The Kier molecular flexibility index (Phi) is 5.07. The minimum absolute atomic E-state index is 0.332. The number of aromatic hydroxyl groups is 1. The molecule has 0 atom stereocenters. The van der Waals surface area contributed by atoms with E-state index in [9.17, 15) is 5.11 Å². The molecule has 0 aliphatic rings. The van der Waals surface area contributed by atoms with Crippen LogP contribution in [0.4, 0.5) is 0 Å². The molecule has 0 spiro atoms. The van der Waals surface area contributed by atoms with Gasteiger partial charge in [0.05, 0.1) is 0 Å². The van der Waals surface area contributed by atoms with Gasteiger partial charge in [-0.2, -0.15) is 4.98 Å². The predicted octanol–water partition coefficient (Wildman–Crippen LogP) is 4.88. The second-order valence-corrected chi connectivity index (χ2v) is 7.18. The van der Waals surface area contributed by atoms with Gasteiger partial charge < -0.3 is 9.63 Å². The van der Waals surface area contributed by atoms with Gasteiger partial charge in [-0.15, -0.1) is 0 Å². The van der Waals surface area contributed by atoms with E-state index >= 15 is 0 Å². The molecule has 2 aromatic heterocycles. The summed E-state index contributed by atoms with van der Waals surface area (Å²) in [5.74, 6) is 1.82. The lowest BCUT2D eigenvalue weighted by Gasteiger charge is -2.07. The predicted molar refractivity (Wildman–Crippen MR) is 102 cm³/mol. The Labute approximate surface area is 154 Å². The Morgan fingerprint density at radius 2 is 1.85 bits per heavy atom. The van der Waals surface area contributed by atoms with E-state index in [1.807, 2.05) is 39.0 Å². The molecular formula is C21H25N3O2. The Balaban J connectivity index is 1.98. The van der Waals surface area contributed by atoms with Crippen molar-refractivity contribution in [2.24, 2.45) is 5.92 Å². The smallest absolute Gasteiger partial charge is 0.276 e. The number of phenolic OH excluding ortho intramolecular Hbond substituents is 1. The molecule has 3 rings (SSSR count). The third kappa shape index (κ3) is 3.77. The number of aryl methyl sites for hydroxylation is 3. The van der Waals surface area contributed by atoms with Crippen LogP contribution in [0.1, 0.15) is 43.2 Å². The van der Waals surface area contributed by atoms with E-state index in [1.165, 1.54) is 5.56 Å². The lowest BCUT2D eigenvalue weighted by atomic mass is 10.0. The van der Waals surface area contributed by atoms with Crippen molar-refractivity contribution in [1.29, 1.82) is 0 Å². The number of pyridine rings is 1. The van der Waals surface area contributed by atoms with Crippen molar-refractivity contribution < 1.29 is 9.63 Å². The van der Waals surface area contributed by atoms with E-state index in [4.69, 9.17) is 4.52 Å². The van der Waals surface area contributed by atoms with E-state index in [2.05, 4.69) is 35.0 Å². The SMILES string of the molecule is CCc1cc(-c2noc(-c3cc(CC(C)C)cc(C)n3)n2)cc(C)c1O. The van der Waals surface area contributed by atoms with Gasteiger partial charge in [-0.1, -0.05) is 25.9 Å². The van der Waals surface area contributed by atoms with Crippen molar-refractivity contribution >= 4 is 0 Å². The van der Waals surface area contributed by atoms with Crippen LogP contribution in [0.5, 0.6) is 5.75 Å². The summed E-state index contributed by atoms with van der Waals surface area (Å²) in [5.41, 5.74) is 5.37. The lowest BCUT2D eigenvalue weighted by Crippen LogP contribution is -1.97. The fourth-order valence-corrected chi connectivity index (χ4v) is 3.13. The summed E-state index contributed by atoms with van der Waals surface area (Å²) in [6.07, 6.45) is 1.72. The van der Waals surface area contributed by atoms with E-state index in [-0.39, 0.29) is 0 Å². The van der Waals surface area contributed by atoms with Crippen LogP contribution >= 0.6 is 0 Å². The molecule has 0 radical (unpaired) electrons. The molecule has 0 saturated heterocycles. The summed E-state index contributed by atoms with van der Waals surface area (Å²) in [5, 5.41) is 14.2. The van der Waals surface area contributed by atoms with Crippen LogP contribution < -0.4 is 0 Å². The molecule has 0 aliphatic carbocycles. The van der Waals surface area contributed by atoms with E-state index in [0.717, 1.165) is 35.2 Å². The molecule has 3 aromatic rings. The summed E-state index contributed by atoms with van der Waals surface area (Å²) in [4.78, 5) is 9.08. The van der Waals surface area contributed by atoms with E-state index in [0.29, 0.717) is 29.1 Å². The fraction of sp³-hybridized carbons (Fsp3) is 0.381. The first-order valence-electron chi connectivity index (χ1n) is 9.01. The van der Waals surface area contributed by atoms with Crippen molar-refractivity contribution in [2.45, 2.75) is 47.5 Å². The summed E-state index contributed by atoms with van der Waals surface area (Å²) in [7, 11) is 0. The van der Waals surface area contributed by atoms with Gasteiger partial charge in [-0.05, 0) is 73.6 Å². The molecule has 0 unspecified atom stereocenters. The highest BCUT2D eigenvalue weighted by Crippen LogP contribution is 2.30. The molecular weight excluding hydrogens is 326 g/mol. The summed E-state index contributed by atoms with van der Waals surface area (Å²) < 4.78 is 5.48. The normalized spacial score (nSPS) is 11.3. The topological polar surface area (TPSA) is 72.0 Å². The quantitative estimate of drug-likeness (QED) is 0.709. The maximum atomic E-state index is 10.1. The van der Waals surface area contributed by atoms with Crippen LogP contribution in [0.3, 0.4) is 0 Å². The maximum Gasteiger partial charge on any atom is 0.276 e. The second-order valence-electron chi connectivity index (χ2n) is 7.18. The molecule has 0 saturated carbocycles. The summed E-state index contributed by atoms with van der Waals surface area (Å²) in [6, 6.07) is 7.89. The highest BCUT2D eigenvalue weighted by molar-refractivity contribution is 5.63. The monoisotopic (exact) mass is 351 g/mol. The van der Waals surface area contributed by atoms with Crippen molar-refractivity contribution in [2.75, 3.05) is 0 Å². The number of rotatable bonds is 5. The van der Waals surface area contributed by atoms with E-state index < -0.39 is 0 Å². The molecule has 26 heavy (non-hydrogen) atoms. The minimum atomic E-state index is 0.332. The zero-order chi connectivity index (χ0) is 18.8. The van der Waals surface area contributed by atoms with Crippen LogP contribution in [0.25, 0.3) is 23.0 Å². The molecule has 0 fully saturated rings. The van der Waals surface area contributed by atoms with Gasteiger partial charge in [0, 0.05) is 11.3 Å². The van der Waals surface area contributed by atoms with Crippen LogP contribution in [0.15, 0.2) is 28.8 Å². The highest BCUT2D eigenvalue weighted by atomic mass is 16.5. The molecule has 0 bridgehead atoms. The number of aromatic nitrogens is 3. The molecule has 0 amide bonds. The average Bonchev–Trinajstić information content (AvgIpc) is 3.06.